The largest absolute Gasteiger partial charge is 0.478 e. The molecule has 1 aliphatic rings. The van der Waals surface area contributed by atoms with Gasteiger partial charge in [-0.05, 0) is 47.5 Å². The number of nitrogens with zero attached hydrogens (tertiary/aromatic N) is 1. The molecule has 5 nitrogen and oxygen atoms in total. The summed E-state index contributed by atoms with van der Waals surface area (Å²) >= 11 is 0. The van der Waals surface area contributed by atoms with Gasteiger partial charge in [0, 0.05) is 43.5 Å². The SMILES string of the molecule is O=C(O)C=Cc1ccc(C=CC(=O)c2ccc(N3CCNCC3)cc2)cc1. The van der Waals surface area contributed by atoms with Crippen LogP contribution in [0.25, 0.3) is 12.2 Å². The summed E-state index contributed by atoms with van der Waals surface area (Å²) in [4.78, 5) is 25.2. The van der Waals surface area contributed by atoms with Crippen molar-refractivity contribution in [2.24, 2.45) is 0 Å². The maximum absolute atomic E-state index is 12.4. The number of carbonyl (C=O) groups is 2. The van der Waals surface area contributed by atoms with Gasteiger partial charge in [-0.3, -0.25) is 4.79 Å². The van der Waals surface area contributed by atoms with Gasteiger partial charge < -0.3 is 15.3 Å². The zero-order valence-corrected chi connectivity index (χ0v) is 15.0. The summed E-state index contributed by atoms with van der Waals surface area (Å²) in [6, 6.07) is 15.0. The van der Waals surface area contributed by atoms with Crippen LogP contribution in [0.5, 0.6) is 0 Å². The van der Waals surface area contributed by atoms with Crippen LogP contribution in [0.4, 0.5) is 5.69 Å². The van der Waals surface area contributed by atoms with E-state index >= 15 is 0 Å². The summed E-state index contributed by atoms with van der Waals surface area (Å²) in [6.07, 6.45) is 5.94. The number of benzene rings is 2. The third-order valence-electron chi connectivity index (χ3n) is 4.42. The third kappa shape index (κ3) is 5.39. The zero-order valence-electron chi connectivity index (χ0n) is 15.0. The van der Waals surface area contributed by atoms with Crippen LogP contribution >= 0.6 is 0 Å². The number of hydrogen-bond acceptors (Lipinski definition) is 4. The molecule has 1 heterocycles. The van der Waals surface area contributed by atoms with Gasteiger partial charge in [0.05, 0.1) is 0 Å². The first-order valence-electron chi connectivity index (χ1n) is 8.91. The molecule has 2 aromatic carbocycles. The van der Waals surface area contributed by atoms with Gasteiger partial charge in [-0.25, -0.2) is 4.79 Å². The lowest BCUT2D eigenvalue weighted by Crippen LogP contribution is -2.43. The Labute approximate surface area is 158 Å². The molecule has 27 heavy (non-hydrogen) atoms. The van der Waals surface area contributed by atoms with Crippen LogP contribution < -0.4 is 10.2 Å². The number of carboxylic acids is 1. The molecule has 1 saturated heterocycles. The summed E-state index contributed by atoms with van der Waals surface area (Å²) in [5, 5.41) is 12.0. The van der Waals surface area contributed by atoms with Crippen LogP contribution in [-0.2, 0) is 4.79 Å². The fourth-order valence-electron chi connectivity index (χ4n) is 2.91. The van der Waals surface area contributed by atoms with Gasteiger partial charge in [-0.15, -0.1) is 0 Å². The predicted octanol–water partition coefficient (Wildman–Crippen LogP) is 3.09. The molecule has 0 radical (unpaired) electrons. The molecule has 0 unspecified atom stereocenters. The highest BCUT2D eigenvalue weighted by molar-refractivity contribution is 6.07. The molecule has 0 saturated carbocycles. The third-order valence-corrected chi connectivity index (χ3v) is 4.42. The normalized spacial score (nSPS) is 14.7. The van der Waals surface area contributed by atoms with E-state index in [2.05, 4.69) is 10.2 Å². The van der Waals surface area contributed by atoms with E-state index in [-0.39, 0.29) is 5.78 Å². The monoisotopic (exact) mass is 362 g/mol. The molecule has 0 aliphatic carbocycles. The van der Waals surface area contributed by atoms with Gasteiger partial charge in [-0.1, -0.05) is 30.3 Å². The van der Waals surface area contributed by atoms with E-state index in [1.165, 1.54) is 6.08 Å². The van der Waals surface area contributed by atoms with E-state index in [4.69, 9.17) is 5.11 Å². The van der Waals surface area contributed by atoms with Crippen molar-refractivity contribution in [3.63, 3.8) is 0 Å². The topological polar surface area (TPSA) is 69.6 Å². The van der Waals surface area contributed by atoms with E-state index in [0.717, 1.165) is 49.1 Å². The molecule has 138 valence electrons. The molecule has 0 amide bonds. The standard InChI is InChI=1S/C22H22N2O3/c25-21(11-5-17-1-3-18(4-2-17)6-12-22(26)27)19-7-9-20(10-8-19)24-15-13-23-14-16-24/h1-12,23H,13-16H2,(H,26,27). The lowest BCUT2D eigenvalue weighted by molar-refractivity contribution is -0.131. The predicted molar refractivity (Wildman–Crippen MR) is 108 cm³/mol. The molecule has 2 aromatic rings. The summed E-state index contributed by atoms with van der Waals surface area (Å²) < 4.78 is 0. The molecule has 0 spiro atoms. The Hall–Kier alpha value is -3.18. The fraction of sp³-hybridized carbons (Fsp3) is 0.182. The van der Waals surface area contributed by atoms with E-state index in [0.29, 0.717) is 5.56 Å². The number of hydrogen-bond donors (Lipinski definition) is 2. The van der Waals surface area contributed by atoms with Crippen molar-refractivity contribution in [2.45, 2.75) is 0 Å². The highest BCUT2D eigenvalue weighted by Gasteiger charge is 2.10. The number of nitrogens with one attached hydrogen (secondary N) is 1. The number of carbonyl (C=O) groups excluding carboxylic acids is 1. The first kappa shape index (κ1) is 18.6. The molecule has 1 aliphatic heterocycles. The van der Waals surface area contributed by atoms with Gasteiger partial charge in [-0.2, -0.15) is 0 Å². The fourth-order valence-corrected chi connectivity index (χ4v) is 2.91. The second-order valence-electron chi connectivity index (χ2n) is 6.32. The van der Waals surface area contributed by atoms with Crippen LogP contribution in [0.2, 0.25) is 0 Å². The number of ketones is 1. The van der Waals surface area contributed by atoms with Gasteiger partial charge >= 0.3 is 5.97 Å². The number of aliphatic carboxylic acids is 1. The molecule has 2 N–H and O–H groups in total. The van der Waals surface area contributed by atoms with Crippen LogP contribution in [0.1, 0.15) is 21.5 Å². The minimum atomic E-state index is -0.979. The molecule has 3 rings (SSSR count). The van der Waals surface area contributed by atoms with Crippen molar-refractivity contribution in [2.75, 3.05) is 31.1 Å². The molecule has 1 fully saturated rings. The Bertz CT molecular complexity index is 846. The maximum Gasteiger partial charge on any atom is 0.328 e. The maximum atomic E-state index is 12.4. The summed E-state index contributed by atoms with van der Waals surface area (Å²) in [5.41, 5.74) is 3.48. The van der Waals surface area contributed by atoms with E-state index in [1.807, 2.05) is 48.5 Å². The number of carboxylic acid groups (broad SMARTS) is 1. The van der Waals surface area contributed by atoms with Crippen molar-refractivity contribution in [1.82, 2.24) is 5.32 Å². The van der Waals surface area contributed by atoms with Gasteiger partial charge in [0.15, 0.2) is 5.78 Å². The average molecular weight is 362 g/mol. The first-order valence-corrected chi connectivity index (χ1v) is 8.91. The number of anilines is 1. The Kier molecular flexibility index (Phi) is 6.18. The Balaban J connectivity index is 1.61. The van der Waals surface area contributed by atoms with Crippen molar-refractivity contribution in [3.8, 4) is 0 Å². The van der Waals surface area contributed by atoms with E-state index < -0.39 is 5.97 Å². The van der Waals surface area contributed by atoms with Crippen molar-refractivity contribution in [1.29, 1.82) is 0 Å². The highest BCUT2D eigenvalue weighted by atomic mass is 16.4. The van der Waals surface area contributed by atoms with Crippen LogP contribution in [0, 0.1) is 0 Å². The Morgan fingerprint density at radius 1 is 0.852 bits per heavy atom. The van der Waals surface area contributed by atoms with Crippen molar-refractivity contribution < 1.29 is 14.7 Å². The van der Waals surface area contributed by atoms with E-state index in [9.17, 15) is 9.59 Å². The van der Waals surface area contributed by atoms with Gasteiger partial charge in [0.2, 0.25) is 0 Å². The van der Waals surface area contributed by atoms with Gasteiger partial charge in [0.25, 0.3) is 0 Å². The van der Waals surface area contributed by atoms with Crippen LogP contribution in [0.3, 0.4) is 0 Å². The highest BCUT2D eigenvalue weighted by Crippen LogP contribution is 2.17. The quantitative estimate of drug-likeness (QED) is 0.610. The molecule has 0 atom stereocenters. The molecule has 0 bridgehead atoms. The number of piperazine rings is 1. The Morgan fingerprint density at radius 2 is 1.41 bits per heavy atom. The van der Waals surface area contributed by atoms with E-state index in [1.54, 1.807) is 12.2 Å². The molecule has 0 aromatic heterocycles. The molecular weight excluding hydrogens is 340 g/mol. The molecule has 5 heteroatoms. The summed E-state index contributed by atoms with van der Waals surface area (Å²) in [5.74, 6) is -1.02. The minimum Gasteiger partial charge on any atom is -0.478 e. The minimum absolute atomic E-state index is 0.0447. The van der Waals surface area contributed by atoms with Crippen molar-refractivity contribution in [3.05, 3.63) is 77.4 Å². The van der Waals surface area contributed by atoms with Crippen LogP contribution in [0.15, 0.2) is 60.7 Å². The summed E-state index contributed by atoms with van der Waals surface area (Å²) in [6.45, 7) is 3.91. The Morgan fingerprint density at radius 3 is 1.96 bits per heavy atom. The second-order valence-corrected chi connectivity index (χ2v) is 6.32. The lowest BCUT2D eigenvalue weighted by atomic mass is 10.1. The van der Waals surface area contributed by atoms with Crippen LogP contribution in [-0.4, -0.2) is 43.0 Å². The average Bonchev–Trinajstić information content (AvgIpc) is 2.72. The zero-order chi connectivity index (χ0) is 19.1. The van der Waals surface area contributed by atoms with Crippen molar-refractivity contribution >= 4 is 29.6 Å². The number of rotatable bonds is 6. The lowest BCUT2D eigenvalue weighted by Gasteiger charge is -2.29. The number of allylic oxidation sites excluding steroid dienone is 1. The second kappa shape index (κ2) is 8.96. The smallest absolute Gasteiger partial charge is 0.328 e. The summed E-state index contributed by atoms with van der Waals surface area (Å²) in [7, 11) is 0. The molecular formula is C22H22N2O3. The first-order chi connectivity index (χ1) is 13.1. The van der Waals surface area contributed by atoms with Gasteiger partial charge in [0.1, 0.15) is 0 Å².